The molecule has 1 aromatic carbocycles. The summed E-state index contributed by atoms with van der Waals surface area (Å²) in [5.74, 6) is 0. The molecule has 0 unspecified atom stereocenters. The van der Waals surface area contributed by atoms with E-state index in [-0.39, 0.29) is 10.8 Å². The van der Waals surface area contributed by atoms with Gasteiger partial charge in [0.25, 0.3) is 0 Å². The first-order chi connectivity index (χ1) is 9.71. The molecule has 4 nitrogen and oxygen atoms in total. The average Bonchev–Trinajstić information content (AvgIpc) is 2.80. The van der Waals surface area contributed by atoms with Crippen LogP contribution in [0, 0.1) is 0 Å². The molecule has 0 spiro atoms. The lowest BCUT2D eigenvalue weighted by molar-refractivity contribution is 0.590. The quantitative estimate of drug-likeness (QED) is 0.623. The fraction of sp³-hybridized carbons (Fsp3) is 0.500. The van der Waals surface area contributed by atoms with Gasteiger partial charge in [-0.25, -0.2) is 0 Å². The molecule has 0 saturated carbocycles. The first-order valence-electron chi connectivity index (χ1n) is 7.11. The van der Waals surface area contributed by atoms with Gasteiger partial charge in [0.15, 0.2) is 0 Å². The van der Waals surface area contributed by atoms with Crippen LogP contribution in [0.1, 0.15) is 52.7 Å². The van der Waals surface area contributed by atoms with Crippen LogP contribution in [-0.4, -0.2) is 18.7 Å². The summed E-state index contributed by atoms with van der Waals surface area (Å²) in [5.41, 5.74) is 6.03. The van der Waals surface area contributed by atoms with Crippen LogP contribution in [0.2, 0.25) is 0 Å². The highest BCUT2D eigenvalue weighted by Crippen LogP contribution is 2.40. The van der Waals surface area contributed by atoms with Gasteiger partial charge in [-0.3, -0.25) is 9.97 Å². The van der Waals surface area contributed by atoms with Crippen molar-refractivity contribution < 1.29 is 0 Å². The number of benzene rings is 1. The Labute approximate surface area is 129 Å². The van der Waals surface area contributed by atoms with Gasteiger partial charge < -0.3 is 0 Å². The van der Waals surface area contributed by atoms with E-state index in [2.05, 4.69) is 60.3 Å². The summed E-state index contributed by atoms with van der Waals surface area (Å²) in [6, 6.07) is 0. The molecule has 2 heterocycles. The molecule has 0 fully saturated rings. The van der Waals surface area contributed by atoms with E-state index in [1.165, 1.54) is 11.7 Å². The van der Waals surface area contributed by atoms with Crippen LogP contribution < -0.4 is 0 Å². The first kappa shape index (κ1) is 14.3. The van der Waals surface area contributed by atoms with Gasteiger partial charge in [-0.15, -0.1) is 0 Å². The fourth-order valence-electron chi connectivity index (χ4n) is 2.87. The van der Waals surface area contributed by atoms with E-state index >= 15 is 0 Å². The third-order valence-electron chi connectivity index (χ3n) is 3.63. The lowest BCUT2D eigenvalue weighted by Crippen LogP contribution is -2.18. The maximum Gasteiger partial charge on any atom is 0.111 e. The van der Waals surface area contributed by atoms with Crippen molar-refractivity contribution in [1.29, 1.82) is 0 Å². The molecule has 5 heteroatoms. The van der Waals surface area contributed by atoms with E-state index < -0.39 is 0 Å². The molecule has 0 aliphatic rings. The molecule has 0 atom stereocenters. The van der Waals surface area contributed by atoms with Gasteiger partial charge in [0.05, 0.1) is 22.8 Å². The van der Waals surface area contributed by atoms with Crippen LogP contribution in [0.4, 0.5) is 0 Å². The lowest BCUT2D eigenvalue weighted by Gasteiger charge is -2.26. The maximum atomic E-state index is 4.63. The Bertz CT molecular complexity index is 754. The second-order valence-corrected chi connectivity index (χ2v) is 7.99. The summed E-state index contributed by atoms with van der Waals surface area (Å²) in [7, 11) is 0. The summed E-state index contributed by atoms with van der Waals surface area (Å²) in [5, 5.41) is 0. The van der Waals surface area contributed by atoms with Crippen LogP contribution in [0.3, 0.4) is 0 Å². The second-order valence-electron chi connectivity index (χ2n) is 7.46. The minimum atomic E-state index is -0.0568. The van der Waals surface area contributed by atoms with Gasteiger partial charge in [-0.1, -0.05) is 41.5 Å². The molecule has 0 N–H and O–H groups in total. The highest BCUT2D eigenvalue weighted by molar-refractivity contribution is 7.00. The average molecular weight is 300 g/mol. The van der Waals surface area contributed by atoms with Crippen molar-refractivity contribution in [3.8, 4) is 0 Å². The molecular weight excluding hydrogens is 280 g/mol. The molecule has 0 radical (unpaired) electrons. The van der Waals surface area contributed by atoms with Gasteiger partial charge in [-0.05, 0) is 10.8 Å². The molecule has 3 rings (SSSR count). The highest BCUT2D eigenvalue weighted by Gasteiger charge is 2.30. The summed E-state index contributed by atoms with van der Waals surface area (Å²) in [6.45, 7) is 13.1. The molecule has 3 aromatic rings. The van der Waals surface area contributed by atoms with Crippen LogP contribution in [0.5, 0.6) is 0 Å². The van der Waals surface area contributed by atoms with E-state index in [0.29, 0.717) is 0 Å². The minimum Gasteiger partial charge on any atom is -0.253 e. The monoisotopic (exact) mass is 300 g/mol. The van der Waals surface area contributed by atoms with Crippen LogP contribution in [0.15, 0.2) is 12.4 Å². The number of hydrogen-bond acceptors (Lipinski definition) is 5. The molecule has 0 saturated heterocycles. The Kier molecular flexibility index (Phi) is 3.03. The molecule has 0 aliphatic carbocycles. The zero-order chi connectivity index (χ0) is 15.4. The van der Waals surface area contributed by atoms with Gasteiger partial charge >= 0.3 is 0 Å². The molecule has 2 aromatic heterocycles. The molecule has 0 amide bonds. The van der Waals surface area contributed by atoms with E-state index in [4.69, 9.17) is 0 Å². The molecule has 0 aliphatic heterocycles. The normalized spacial score (nSPS) is 13.2. The van der Waals surface area contributed by atoms with Crippen LogP contribution in [0.25, 0.3) is 22.1 Å². The number of aromatic nitrogens is 4. The summed E-state index contributed by atoms with van der Waals surface area (Å²) >= 11 is 1.27. The maximum absolute atomic E-state index is 4.63. The number of hydrogen-bond donors (Lipinski definition) is 0. The second kappa shape index (κ2) is 4.44. The number of nitrogens with zero attached hydrogens (tertiary/aromatic N) is 4. The summed E-state index contributed by atoms with van der Waals surface area (Å²) in [4.78, 5) is 9.25. The van der Waals surface area contributed by atoms with Crippen molar-refractivity contribution in [1.82, 2.24) is 18.7 Å². The first-order valence-corrected chi connectivity index (χ1v) is 7.84. The van der Waals surface area contributed by atoms with Crippen LogP contribution >= 0.6 is 11.7 Å². The number of fused-ring (bicyclic) bond motifs is 2. The topological polar surface area (TPSA) is 51.6 Å². The Morgan fingerprint density at radius 3 is 1.38 bits per heavy atom. The van der Waals surface area contributed by atoms with Crippen molar-refractivity contribution in [2.75, 3.05) is 0 Å². The zero-order valence-electron chi connectivity index (χ0n) is 13.4. The van der Waals surface area contributed by atoms with Crippen molar-refractivity contribution in [2.24, 2.45) is 0 Å². The van der Waals surface area contributed by atoms with Crippen molar-refractivity contribution >= 4 is 33.8 Å². The predicted octanol–water partition coefficient (Wildman–Crippen LogP) is 4.23. The van der Waals surface area contributed by atoms with E-state index in [0.717, 1.165) is 33.2 Å². The minimum absolute atomic E-state index is 0.0568. The summed E-state index contributed by atoms with van der Waals surface area (Å²) in [6.07, 6.45) is 3.52. The van der Waals surface area contributed by atoms with E-state index in [1.54, 1.807) is 12.4 Å². The van der Waals surface area contributed by atoms with Gasteiger partial charge in [0, 0.05) is 23.5 Å². The van der Waals surface area contributed by atoms with Crippen LogP contribution in [-0.2, 0) is 10.8 Å². The highest BCUT2D eigenvalue weighted by atomic mass is 32.1. The Balaban J connectivity index is 2.63. The predicted molar refractivity (Wildman–Crippen MR) is 87.9 cm³/mol. The summed E-state index contributed by atoms with van der Waals surface area (Å²) < 4.78 is 9.14. The fourth-order valence-corrected chi connectivity index (χ4v) is 3.43. The van der Waals surface area contributed by atoms with E-state index in [9.17, 15) is 0 Å². The molecule has 110 valence electrons. The molecule has 21 heavy (non-hydrogen) atoms. The van der Waals surface area contributed by atoms with Gasteiger partial charge in [-0.2, -0.15) is 8.75 Å². The largest absolute Gasteiger partial charge is 0.253 e. The third-order valence-corrected chi connectivity index (χ3v) is 4.16. The SMILES string of the molecule is CC(C)(C)c1c2nccnc2c(C(C)(C)C)c2nsnc12. The Hall–Kier alpha value is -1.62. The van der Waals surface area contributed by atoms with Crippen molar-refractivity contribution in [2.45, 2.75) is 52.4 Å². The smallest absolute Gasteiger partial charge is 0.111 e. The third kappa shape index (κ3) is 2.20. The molecule has 0 bridgehead atoms. The Morgan fingerprint density at radius 1 is 0.667 bits per heavy atom. The molecular formula is C16H20N4S. The lowest BCUT2D eigenvalue weighted by atomic mass is 9.79. The van der Waals surface area contributed by atoms with Gasteiger partial charge in [0.2, 0.25) is 0 Å². The zero-order valence-corrected chi connectivity index (χ0v) is 14.2. The standard InChI is InChI=1S/C16H20N4S/c1-15(2,3)9-11-12(18-8-7-17-11)10(16(4,5)6)14-13(9)19-21-20-14/h7-8H,1-6H3. The van der Waals surface area contributed by atoms with E-state index in [1.807, 2.05) is 0 Å². The number of rotatable bonds is 0. The van der Waals surface area contributed by atoms with Crippen molar-refractivity contribution in [3.05, 3.63) is 23.5 Å². The Morgan fingerprint density at radius 2 is 1.05 bits per heavy atom. The van der Waals surface area contributed by atoms with Crippen molar-refractivity contribution in [3.63, 3.8) is 0 Å². The van der Waals surface area contributed by atoms with Gasteiger partial charge in [0.1, 0.15) is 11.0 Å².